The molecule has 0 saturated carbocycles. The highest BCUT2D eigenvalue weighted by molar-refractivity contribution is 9.11. The van der Waals surface area contributed by atoms with E-state index >= 15 is 0 Å². The van der Waals surface area contributed by atoms with Gasteiger partial charge < -0.3 is 9.57 Å². The first-order valence-electron chi connectivity index (χ1n) is 6.51. The molecule has 2 aliphatic heterocycles. The van der Waals surface area contributed by atoms with Gasteiger partial charge in [0.25, 0.3) is 0 Å². The Hall–Kier alpha value is -0.260. The molecule has 1 aromatic carbocycles. The number of benzene rings is 1. The zero-order valence-electron chi connectivity index (χ0n) is 10.7. The fraction of sp³-hybridized carbons (Fsp3) is 0.429. The molecule has 0 N–H and O–H groups in total. The smallest absolute Gasteiger partial charge is 0.166 e. The molecule has 0 bridgehead atoms. The van der Waals surface area contributed by atoms with E-state index in [2.05, 4.69) is 15.9 Å². The second kappa shape index (κ2) is 6.24. The normalized spacial score (nSPS) is 21.4. The molecule has 0 aliphatic carbocycles. The van der Waals surface area contributed by atoms with Gasteiger partial charge in [-0.3, -0.25) is 0 Å². The average molecular weight is 379 g/mol. The summed E-state index contributed by atoms with van der Waals surface area (Å²) in [5.41, 5.74) is 0.931. The van der Waals surface area contributed by atoms with Crippen molar-refractivity contribution in [2.75, 3.05) is 19.8 Å². The maximum atomic E-state index is 6.07. The summed E-state index contributed by atoms with van der Waals surface area (Å²) in [5, 5.41) is 3.10. The minimum Gasteiger partial charge on any atom is -0.404 e. The Bertz CT molecular complexity index is 544. The van der Waals surface area contributed by atoms with Crippen molar-refractivity contribution in [3.05, 3.63) is 38.3 Å². The standard InChI is InChI=1S/C14H14BrCl2NO2/c15-11-8-18(10-3-5-19-6-4-10)20-14(11)9-1-2-12(16)13(17)7-9/h1-2,7,10H,3-6,8H2. The van der Waals surface area contributed by atoms with Crippen molar-refractivity contribution in [1.29, 1.82) is 0 Å². The van der Waals surface area contributed by atoms with Crippen LogP contribution < -0.4 is 0 Å². The van der Waals surface area contributed by atoms with Crippen LogP contribution in [0, 0.1) is 0 Å². The van der Waals surface area contributed by atoms with Crippen LogP contribution >= 0.6 is 39.1 Å². The van der Waals surface area contributed by atoms with Crippen molar-refractivity contribution < 1.29 is 9.57 Å². The highest BCUT2D eigenvalue weighted by atomic mass is 79.9. The maximum absolute atomic E-state index is 6.07. The zero-order valence-corrected chi connectivity index (χ0v) is 13.8. The Morgan fingerprint density at radius 3 is 2.60 bits per heavy atom. The third-order valence-corrected chi connectivity index (χ3v) is 4.88. The number of rotatable bonds is 2. The topological polar surface area (TPSA) is 21.7 Å². The van der Waals surface area contributed by atoms with Crippen LogP contribution in [0.1, 0.15) is 18.4 Å². The molecule has 0 unspecified atom stereocenters. The van der Waals surface area contributed by atoms with E-state index in [0.29, 0.717) is 16.1 Å². The second-order valence-corrected chi connectivity index (χ2v) is 6.64. The second-order valence-electron chi connectivity index (χ2n) is 4.87. The van der Waals surface area contributed by atoms with Gasteiger partial charge in [0.05, 0.1) is 27.1 Å². The molecular formula is C14H14BrCl2NO2. The molecule has 2 heterocycles. The van der Waals surface area contributed by atoms with Crippen molar-refractivity contribution in [1.82, 2.24) is 5.06 Å². The number of nitrogens with zero attached hydrogens (tertiary/aromatic N) is 1. The van der Waals surface area contributed by atoms with Crippen molar-refractivity contribution in [3.8, 4) is 0 Å². The third kappa shape index (κ3) is 3.00. The van der Waals surface area contributed by atoms with Crippen LogP contribution in [0.15, 0.2) is 22.7 Å². The Balaban J connectivity index is 1.76. The maximum Gasteiger partial charge on any atom is 0.166 e. The van der Waals surface area contributed by atoms with E-state index in [1.165, 1.54) is 0 Å². The van der Waals surface area contributed by atoms with E-state index in [1.54, 1.807) is 6.07 Å². The molecule has 6 heteroatoms. The van der Waals surface area contributed by atoms with E-state index in [4.69, 9.17) is 32.8 Å². The van der Waals surface area contributed by atoms with E-state index in [-0.39, 0.29) is 0 Å². The molecule has 1 fully saturated rings. The lowest BCUT2D eigenvalue weighted by Crippen LogP contribution is -2.37. The van der Waals surface area contributed by atoms with Gasteiger partial charge in [0.15, 0.2) is 5.76 Å². The quantitative estimate of drug-likeness (QED) is 0.757. The molecule has 1 saturated heterocycles. The van der Waals surface area contributed by atoms with Gasteiger partial charge in [-0.25, -0.2) is 0 Å². The van der Waals surface area contributed by atoms with Crippen LogP contribution in [-0.4, -0.2) is 30.9 Å². The fourth-order valence-corrected chi connectivity index (χ4v) is 3.28. The summed E-state index contributed by atoms with van der Waals surface area (Å²) in [6.45, 7) is 2.34. The van der Waals surface area contributed by atoms with Crippen molar-refractivity contribution in [2.24, 2.45) is 0 Å². The summed E-state index contributed by atoms with van der Waals surface area (Å²) in [6, 6.07) is 5.93. The summed E-state index contributed by atoms with van der Waals surface area (Å²) in [4.78, 5) is 6.00. The summed E-state index contributed by atoms with van der Waals surface area (Å²) in [7, 11) is 0. The molecular weight excluding hydrogens is 365 g/mol. The van der Waals surface area contributed by atoms with E-state index in [1.807, 2.05) is 17.2 Å². The van der Waals surface area contributed by atoms with Crippen LogP contribution in [0.2, 0.25) is 10.0 Å². The van der Waals surface area contributed by atoms with Gasteiger partial charge in [-0.05, 0) is 47.0 Å². The highest BCUT2D eigenvalue weighted by Gasteiger charge is 2.31. The van der Waals surface area contributed by atoms with Gasteiger partial charge in [-0.1, -0.05) is 23.2 Å². The summed E-state index contributed by atoms with van der Waals surface area (Å²) >= 11 is 15.6. The number of ether oxygens (including phenoxy) is 1. The predicted octanol–water partition coefficient (Wildman–Crippen LogP) is 4.48. The molecule has 0 atom stereocenters. The molecule has 2 aliphatic rings. The fourth-order valence-electron chi connectivity index (χ4n) is 2.43. The van der Waals surface area contributed by atoms with Crippen LogP contribution in [0.25, 0.3) is 5.76 Å². The minimum absolute atomic E-state index is 0.400. The molecule has 0 aromatic heterocycles. The molecule has 0 spiro atoms. The van der Waals surface area contributed by atoms with Gasteiger partial charge in [0, 0.05) is 18.8 Å². The van der Waals surface area contributed by atoms with Crippen molar-refractivity contribution in [3.63, 3.8) is 0 Å². The molecule has 20 heavy (non-hydrogen) atoms. The first-order valence-corrected chi connectivity index (χ1v) is 8.06. The lowest BCUT2D eigenvalue weighted by Gasteiger charge is -2.29. The lowest BCUT2D eigenvalue weighted by molar-refractivity contribution is -0.123. The molecule has 3 nitrogen and oxygen atoms in total. The van der Waals surface area contributed by atoms with E-state index < -0.39 is 0 Å². The summed E-state index contributed by atoms with van der Waals surface area (Å²) < 4.78 is 6.42. The van der Waals surface area contributed by atoms with Crippen LogP contribution in [-0.2, 0) is 9.57 Å². The SMILES string of the molecule is Clc1ccc(C2=C(Br)CN(C3CCOCC3)O2)cc1Cl. The van der Waals surface area contributed by atoms with Gasteiger partial charge in [0.1, 0.15) is 0 Å². The Labute approximate surface area is 136 Å². The van der Waals surface area contributed by atoms with E-state index in [9.17, 15) is 0 Å². The Kier molecular flexibility index (Phi) is 4.58. The summed E-state index contributed by atoms with van der Waals surface area (Å²) in [6.07, 6.45) is 1.99. The number of hydroxylamine groups is 2. The Morgan fingerprint density at radius 2 is 1.90 bits per heavy atom. The van der Waals surface area contributed by atoms with Crippen LogP contribution in [0.5, 0.6) is 0 Å². The molecule has 0 radical (unpaired) electrons. The first kappa shape index (κ1) is 14.7. The third-order valence-electron chi connectivity index (χ3n) is 3.53. The zero-order chi connectivity index (χ0) is 14.1. The minimum atomic E-state index is 0.400. The first-order chi connectivity index (χ1) is 9.65. The van der Waals surface area contributed by atoms with Gasteiger partial charge in [-0.15, -0.1) is 5.06 Å². The highest BCUT2D eigenvalue weighted by Crippen LogP contribution is 2.36. The van der Waals surface area contributed by atoms with E-state index in [0.717, 1.165) is 48.4 Å². The molecule has 3 rings (SSSR count). The van der Waals surface area contributed by atoms with Crippen molar-refractivity contribution in [2.45, 2.75) is 18.9 Å². The van der Waals surface area contributed by atoms with Gasteiger partial charge >= 0.3 is 0 Å². The lowest BCUT2D eigenvalue weighted by atomic mass is 10.1. The number of hydrogen-bond acceptors (Lipinski definition) is 3. The average Bonchev–Trinajstić information content (AvgIpc) is 2.85. The number of hydrogen-bond donors (Lipinski definition) is 0. The monoisotopic (exact) mass is 377 g/mol. The molecule has 0 amide bonds. The number of halogens is 3. The largest absolute Gasteiger partial charge is 0.404 e. The van der Waals surface area contributed by atoms with Crippen LogP contribution in [0.4, 0.5) is 0 Å². The van der Waals surface area contributed by atoms with Crippen molar-refractivity contribution >= 4 is 44.9 Å². The van der Waals surface area contributed by atoms with Gasteiger partial charge in [0.2, 0.25) is 0 Å². The Morgan fingerprint density at radius 1 is 1.15 bits per heavy atom. The molecule has 1 aromatic rings. The van der Waals surface area contributed by atoms with Gasteiger partial charge in [-0.2, -0.15) is 0 Å². The summed E-state index contributed by atoms with van der Waals surface area (Å²) in [5.74, 6) is 0.815. The predicted molar refractivity (Wildman–Crippen MR) is 83.9 cm³/mol. The molecule has 108 valence electrons. The van der Waals surface area contributed by atoms with Crippen LogP contribution in [0.3, 0.4) is 0 Å².